The van der Waals surface area contributed by atoms with Crippen LogP contribution in [0.2, 0.25) is 0 Å². The van der Waals surface area contributed by atoms with Gasteiger partial charge < -0.3 is 20.3 Å². The standard InChI is InChI=1S/C17H28N4O/c1-19-9-11-20(12-10-19)15-5-7-21(8-6-15)16-4-3-14(18)13-17(16)22-2/h3-4,13,15H,5-12,18H2,1-2H3/i2D3. The Labute approximate surface area is 137 Å². The van der Waals surface area contributed by atoms with Crippen LogP contribution in [0.15, 0.2) is 18.2 Å². The summed E-state index contributed by atoms with van der Waals surface area (Å²) in [6, 6.07) is 5.89. The number of nitrogens with zero attached hydrogens (tertiary/aromatic N) is 3. The van der Waals surface area contributed by atoms with E-state index in [1.54, 1.807) is 12.1 Å². The van der Waals surface area contributed by atoms with Gasteiger partial charge in [-0.1, -0.05) is 0 Å². The van der Waals surface area contributed by atoms with Crippen LogP contribution in [0.25, 0.3) is 0 Å². The molecule has 0 saturated carbocycles. The molecule has 0 aromatic heterocycles. The van der Waals surface area contributed by atoms with E-state index in [1.165, 1.54) is 0 Å². The third-order valence-electron chi connectivity index (χ3n) is 4.95. The van der Waals surface area contributed by atoms with E-state index in [4.69, 9.17) is 14.6 Å². The number of nitrogen functional groups attached to an aromatic ring is 1. The highest BCUT2D eigenvalue weighted by Crippen LogP contribution is 2.32. The summed E-state index contributed by atoms with van der Waals surface area (Å²) in [5, 5.41) is 0. The van der Waals surface area contributed by atoms with Gasteiger partial charge in [-0.2, -0.15) is 0 Å². The topological polar surface area (TPSA) is 45.0 Å². The molecule has 22 heavy (non-hydrogen) atoms. The fourth-order valence-corrected chi connectivity index (χ4v) is 3.53. The molecule has 1 aromatic carbocycles. The second-order valence-electron chi connectivity index (χ2n) is 6.39. The van der Waals surface area contributed by atoms with Crippen LogP contribution in [0.4, 0.5) is 11.4 Å². The zero-order chi connectivity index (χ0) is 18.0. The fraction of sp³-hybridized carbons (Fsp3) is 0.647. The average Bonchev–Trinajstić information content (AvgIpc) is 2.55. The molecule has 2 saturated heterocycles. The van der Waals surface area contributed by atoms with Crippen molar-refractivity contribution >= 4 is 11.4 Å². The maximum atomic E-state index is 7.37. The number of likely N-dealkylation sites (N-methyl/N-ethyl adjacent to an activating group) is 1. The summed E-state index contributed by atoms with van der Waals surface area (Å²) in [6.45, 7) is 6.34. The van der Waals surface area contributed by atoms with Crippen LogP contribution in [-0.4, -0.2) is 69.2 Å². The Morgan fingerprint density at radius 2 is 1.86 bits per heavy atom. The molecule has 0 amide bonds. The number of ether oxygens (including phenoxy) is 1. The van der Waals surface area contributed by atoms with Gasteiger partial charge in [-0.05, 0) is 32.0 Å². The SMILES string of the molecule is [2H]C([2H])([2H])Oc1cc(N)ccc1N1CCC(N2CCN(C)CC2)CC1. The van der Waals surface area contributed by atoms with E-state index >= 15 is 0 Å². The Morgan fingerprint density at radius 3 is 2.55 bits per heavy atom. The number of methoxy groups -OCH3 is 1. The zero-order valence-corrected chi connectivity index (χ0v) is 13.3. The predicted octanol–water partition coefficient (Wildman–Crippen LogP) is 1.49. The van der Waals surface area contributed by atoms with Crippen molar-refractivity contribution in [1.29, 1.82) is 0 Å². The van der Waals surface area contributed by atoms with E-state index in [1.807, 2.05) is 6.07 Å². The monoisotopic (exact) mass is 307 g/mol. The maximum Gasteiger partial charge on any atom is 0.144 e. The second kappa shape index (κ2) is 6.75. The minimum atomic E-state index is -2.47. The van der Waals surface area contributed by atoms with E-state index in [0.29, 0.717) is 17.5 Å². The van der Waals surface area contributed by atoms with Crippen molar-refractivity contribution in [2.24, 2.45) is 0 Å². The Morgan fingerprint density at radius 1 is 1.14 bits per heavy atom. The summed E-state index contributed by atoms with van der Waals surface area (Å²) in [7, 11) is -0.297. The van der Waals surface area contributed by atoms with Crippen LogP contribution in [0, 0.1) is 0 Å². The first kappa shape index (κ1) is 12.0. The van der Waals surface area contributed by atoms with E-state index in [9.17, 15) is 0 Å². The summed E-state index contributed by atoms with van der Waals surface area (Å²) in [5.74, 6) is 0.345. The average molecular weight is 307 g/mol. The number of piperazine rings is 1. The van der Waals surface area contributed by atoms with Crippen molar-refractivity contribution in [2.75, 3.05) is 64.0 Å². The molecule has 2 aliphatic heterocycles. The van der Waals surface area contributed by atoms with Gasteiger partial charge in [0, 0.05) is 57.1 Å². The number of anilines is 2. The summed E-state index contributed by atoms with van der Waals surface area (Å²) < 4.78 is 27.3. The second-order valence-corrected chi connectivity index (χ2v) is 6.39. The summed E-state index contributed by atoms with van der Waals surface area (Å²) in [5.41, 5.74) is 7.14. The van der Waals surface area contributed by atoms with Gasteiger partial charge in [0.2, 0.25) is 0 Å². The Hall–Kier alpha value is -1.46. The zero-order valence-electron chi connectivity index (χ0n) is 16.3. The molecular formula is C17H28N4O. The molecular weight excluding hydrogens is 276 g/mol. The van der Waals surface area contributed by atoms with E-state index in [2.05, 4.69) is 21.7 Å². The van der Waals surface area contributed by atoms with Crippen LogP contribution in [0.1, 0.15) is 17.0 Å². The minimum absolute atomic E-state index is 0.345. The van der Waals surface area contributed by atoms with Crippen LogP contribution >= 0.6 is 0 Å². The minimum Gasteiger partial charge on any atom is -0.495 e. The normalized spacial score (nSPS) is 24.6. The van der Waals surface area contributed by atoms with Crippen molar-refractivity contribution in [3.8, 4) is 5.75 Å². The lowest BCUT2D eigenvalue weighted by Gasteiger charge is -2.42. The first-order chi connectivity index (χ1) is 11.8. The number of benzene rings is 1. The molecule has 0 aliphatic carbocycles. The lowest BCUT2D eigenvalue weighted by molar-refractivity contribution is 0.0981. The van der Waals surface area contributed by atoms with Gasteiger partial charge in [0.05, 0.1) is 16.8 Å². The number of hydrogen-bond acceptors (Lipinski definition) is 5. The molecule has 5 nitrogen and oxygen atoms in total. The van der Waals surface area contributed by atoms with Crippen molar-refractivity contribution in [2.45, 2.75) is 18.9 Å². The Balaban J connectivity index is 1.64. The molecule has 2 N–H and O–H groups in total. The molecule has 0 bridgehead atoms. The molecule has 0 radical (unpaired) electrons. The third-order valence-corrected chi connectivity index (χ3v) is 4.95. The van der Waals surface area contributed by atoms with Crippen LogP contribution in [0.3, 0.4) is 0 Å². The van der Waals surface area contributed by atoms with Crippen LogP contribution < -0.4 is 15.4 Å². The number of rotatable bonds is 3. The molecule has 2 fully saturated rings. The Bertz CT molecular complexity index is 580. The van der Waals surface area contributed by atoms with Gasteiger partial charge in [0.1, 0.15) is 5.75 Å². The van der Waals surface area contributed by atoms with Gasteiger partial charge in [0.15, 0.2) is 0 Å². The molecule has 122 valence electrons. The van der Waals surface area contributed by atoms with Crippen molar-refractivity contribution in [3.05, 3.63) is 18.2 Å². The first-order valence-corrected chi connectivity index (χ1v) is 8.08. The molecule has 1 aromatic rings. The van der Waals surface area contributed by atoms with Gasteiger partial charge in [0.25, 0.3) is 0 Å². The quantitative estimate of drug-likeness (QED) is 0.857. The molecule has 0 spiro atoms. The van der Waals surface area contributed by atoms with Crippen molar-refractivity contribution < 1.29 is 8.85 Å². The lowest BCUT2D eigenvalue weighted by Crippen LogP contribution is -2.52. The van der Waals surface area contributed by atoms with Crippen molar-refractivity contribution in [1.82, 2.24) is 9.80 Å². The summed E-state index contributed by atoms with van der Waals surface area (Å²) in [4.78, 5) is 7.19. The van der Waals surface area contributed by atoms with Gasteiger partial charge in [-0.3, -0.25) is 4.90 Å². The van der Waals surface area contributed by atoms with E-state index in [0.717, 1.165) is 57.8 Å². The highest BCUT2D eigenvalue weighted by Gasteiger charge is 2.27. The summed E-state index contributed by atoms with van der Waals surface area (Å²) in [6.07, 6.45) is 2.17. The van der Waals surface area contributed by atoms with E-state index in [-0.39, 0.29) is 0 Å². The molecule has 0 atom stereocenters. The fourth-order valence-electron chi connectivity index (χ4n) is 3.53. The van der Waals surface area contributed by atoms with Gasteiger partial charge in [-0.25, -0.2) is 0 Å². The highest BCUT2D eigenvalue weighted by atomic mass is 16.5. The number of hydrogen-bond donors (Lipinski definition) is 1. The smallest absolute Gasteiger partial charge is 0.144 e. The third kappa shape index (κ3) is 3.31. The molecule has 3 rings (SSSR count). The molecule has 5 heteroatoms. The largest absolute Gasteiger partial charge is 0.495 e. The van der Waals surface area contributed by atoms with Gasteiger partial charge >= 0.3 is 0 Å². The first-order valence-electron chi connectivity index (χ1n) is 9.58. The maximum absolute atomic E-state index is 7.37. The lowest BCUT2D eigenvalue weighted by atomic mass is 10.0. The predicted molar refractivity (Wildman–Crippen MR) is 91.7 cm³/mol. The highest BCUT2D eigenvalue weighted by molar-refractivity contribution is 5.64. The van der Waals surface area contributed by atoms with Crippen molar-refractivity contribution in [3.63, 3.8) is 0 Å². The Kier molecular flexibility index (Phi) is 3.69. The van der Waals surface area contributed by atoms with E-state index < -0.39 is 7.04 Å². The van der Waals surface area contributed by atoms with Gasteiger partial charge in [-0.15, -0.1) is 0 Å². The summed E-state index contributed by atoms with van der Waals surface area (Å²) >= 11 is 0. The molecule has 2 heterocycles. The van der Waals surface area contributed by atoms with Crippen LogP contribution in [0.5, 0.6) is 5.75 Å². The number of nitrogens with two attached hydrogens (primary N) is 1. The number of piperidine rings is 1. The molecule has 2 aliphatic rings. The molecule has 0 unspecified atom stereocenters. The van der Waals surface area contributed by atoms with Crippen LogP contribution in [-0.2, 0) is 0 Å².